The number of benzene rings is 1. The van der Waals surface area contributed by atoms with E-state index in [1.807, 2.05) is 0 Å². The van der Waals surface area contributed by atoms with Crippen LogP contribution in [0.1, 0.15) is 11.1 Å². The second-order valence-electron chi connectivity index (χ2n) is 4.08. The first-order valence-electron chi connectivity index (χ1n) is 5.90. The quantitative estimate of drug-likeness (QED) is 0.692. The third-order valence-corrected chi connectivity index (χ3v) is 3.26. The van der Waals surface area contributed by atoms with Gasteiger partial charge in [0.15, 0.2) is 5.13 Å². The van der Waals surface area contributed by atoms with E-state index in [1.54, 1.807) is 11.4 Å². The summed E-state index contributed by atoms with van der Waals surface area (Å²) >= 11 is 1.19. The topological polar surface area (TPSA) is 65.8 Å². The average Bonchev–Trinajstić information content (AvgIpc) is 2.97. The highest BCUT2D eigenvalue weighted by atomic mass is 32.1. The van der Waals surface area contributed by atoms with Gasteiger partial charge in [0.1, 0.15) is 11.6 Å². The number of alkyl halides is 3. The van der Waals surface area contributed by atoms with Crippen molar-refractivity contribution >= 4 is 28.5 Å². The molecule has 0 radical (unpaired) electrons. The van der Waals surface area contributed by atoms with E-state index in [-0.39, 0.29) is 5.57 Å². The van der Waals surface area contributed by atoms with Crippen LogP contribution < -0.4 is 5.32 Å². The summed E-state index contributed by atoms with van der Waals surface area (Å²) < 4.78 is 37.4. The Kier molecular flexibility index (Phi) is 4.58. The van der Waals surface area contributed by atoms with Crippen LogP contribution >= 0.6 is 11.3 Å². The minimum absolute atomic E-state index is 0.227. The number of nitriles is 1. The largest absolute Gasteiger partial charge is 0.416 e. The van der Waals surface area contributed by atoms with Gasteiger partial charge in [-0.2, -0.15) is 18.4 Å². The van der Waals surface area contributed by atoms with Crippen LogP contribution in [0.2, 0.25) is 0 Å². The van der Waals surface area contributed by atoms with Gasteiger partial charge in [0.05, 0.1) is 5.56 Å². The predicted octanol–water partition coefficient (Wildman–Crippen LogP) is 3.71. The fourth-order valence-electron chi connectivity index (χ4n) is 1.53. The normalized spacial score (nSPS) is 11.8. The van der Waals surface area contributed by atoms with Crippen LogP contribution in [-0.2, 0) is 11.0 Å². The Balaban J connectivity index is 2.18. The van der Waals surface area contributed by atoms with E-state index in [1.165, 1.54) is 35.7 Å². The van der Waals surface area contributed by atoms with E-state index in [2.05, 4.69) is 10.3 Å². The highest BCUT2D eigenvalue weighted by Gasteiger charge is 2.29. The van der Waals surface area contributed by atoms with Crippen LogP contribution in [0, 0.1) is 11.3 Å². The third kappa shape index (κ3) is 3.93. The molecule has 0 aliphatic heterocycles. The Morgan fingerprint density at radius 1 is 1.32 bits per heavy atom. The number of carbonyl (C=O) groups is 1. The smallest absolute Gasteiger partial charge is 0.297 e. The number of nitrogens with zero attached hydrogens (tertiary/aromatic N) is 2. The Labute approximate surface area is 127 Å². The van der Waals surface area contributed by atoms with Crippen molar-refractivity contribution in [3.8, 4) is 6.07 Å². The highest BCUT2D eigenvalue weighted by molar-refractivity contribution is 7.13. The van der Waals surface area contributed by atoms with E-state index in [0.717, 1.165) is 12.1 Å². The third-order valence-electron chi connectivity index (χ3n) is 2.57. The number of aromatic nitrogens is 1. The van der Waals surface area contributed by atoms with E-state index >= 15 is 0 Å². The molecule has 0 aliphatic carbocycles. The summed E-state index contributed by atoms with van der Waals surface area (Å²) in [5.41, 5.74) is -0.704. The van der Waals surface area contributed by atoms with Crippen LogP contribution in [0.4, 0.5) is 18.3 Å². The Bertz CT molecular complexity index is 728. The second kappa shape index (κ2) is 6.41. The van der Waals surface area contributed by atoms with E-state index in [0.29, 0.717) is 10.7 Å². The molecule has 0 unspecified atom stereocenters. The second-order valence-corrected chi connectivity index (χ2v) is 4.98. The van der Waals surface area contributed by atoms with E-state index < -0.39 is 17.6 Å². The molecule has 0 saturated carbocycles. The van der Waals surface area contributed by atoms with Crippen molar-refractivity contribution in [1.29, 1.82) is 5.26 Å². The van der Waals surface area contributed by atoms with Crippen molar-refractivity contribution in [3.63, 3.8) is 0 Å². The van der Waals surface area contributed by atoms with Crippen LogP contribution in [0.15, 0.2) is 41.4 Å². The van der Waals surface area contributed by atoms with Crippen molar-refractivity contribution in [2.24, 2.45) is 0 Å². The molecule has 22 heavy (non-hydrogen) atoms. The Morgan fingerprint density at radius 3 is 2.50 bits per heavy atom. The maximum absolute atomic E-state index is 12.5. The zero-order valence-corrected chi connectivity index (χ0v) is 11.7. The van der Waals surface area contributed by atoms with Gasteiger partial charge in [-0.25, -0.2) is 4.98 Å². The van der Waals surface area contributed by atoms with Crippen molar-refractivity contribution in [2.45, 2.75) is 6.18 Å². The van der Waals surface area contributed by atoms with Gasteiger partial charge in [-0.1, -0.05) is 12.1 Å². The molecule has 2 aromatic rings. The summed E-state index contributed by atoms with van der Waals surface area (Å²) in [7, 11) is 0. The highest BCUT2D eigenvalue weighted by Crippen LogP contribution is 2.29. The van der Waals surface area contributed by atoms with Gasteiger partial charge in [0.25, 0.3) is 5.91 Å². The van der Waals surface area contributed by atoms with Crippen LogP contribution in [0.5, 0.6) is 0 Å². The molecule has 1 heterocycles. The lowest BCUT2D eigenvalue weighted by atomic mass is 10.1. The lowest BCUT2D eigenvalue weighted by Crippen LogP contribution is -2.13. The maximum atomic E-state index is 12.5. The fraction of sp³-hybridized carbons (Fsp3) is 0.0714. The molecule has 1 aromatic carbocycles. The Morgan fingerprint density at radius 2 is 2.00 bits per heavy atom. The number of amides is 1. The number of rotatable bonds is 3. The lowest BCUT2D eigenvalue weighted by molar-refractivity contribution is -0.137. The molecular formula is C14H8F3N3OS. The molecule has 0 spiro atoms. The SMILES string of the molecule is N#C/C(=C\c1ccc(C(F)(F)F)cc1)C(=O)Nc1nccs1. The number of nitrogens with one attached hydrogen (secondary N) is 1. The molecule has 0 fully saturated rings. The Hall–Kier alpha value is -2.66. The van der Waals surface area contributed by atoms with Gasteiger partial charge < -0.3 is 0 Å². The van der Waals surface area contributed by atoms with Gasteiger partial charge in [-0.3, -0.25) is 10.1 Å². The molecule has 0 saturated heterocycles. The van der Waals surface area contributed by atoms with E-state index in [4.69, 9.17) is 5.26 Å². The molecule has 4 nitrogen and oxygen atoms in total. The van der Waals surface area contributed by atoms with Crippen molar-refractivity contribution in [2.75, 3.05) is 5.32 Å². The molecular weight excluding hydrogens is 315 g/mol. The van der Waals surface area contributed by atoms with Crippen LogP contribution in [0.3, 0.4) is 0 Å². The number of hydrogen-bond donors (Lipinski definition) is 1. The first-order valence-corrected chi connectivity index (χ1v) is 6.78. The van der Waals surface area contributed by atoms with Crippen molar-refractivity contribution < 1.29 is 18.0 Å². The number of halogens is 3. The molecule has 1 N–H and O–H groups in total. The van der Waals surface area contributed by atoms with Gasteiger partial charge in [0.2, 0.25) is 0 Å². The van der Waals surface area contributed by atoms with Gasteiger partial charge >= 0.3 is 6.18 Å². The minimum Gasteiger partial charge on any atom is -0.297 e. The number of anilines is 1. The van der Waals surface area contributed by atoms with Gasteiger partial charge in [-0.15, -0.1) is 11.3 Å². The first-order chi connectivity index (χ1) is 10.4. The molecule has 0 aliphatic rings. The first kappa shape index (κ1) is 15.7. The van der Waals surface area contributed by atoms with Crippen molar-refractivity contribution in [3.05, 3.63) is 52.5 Å². The molecule has 1 aromatic heterocycles. The van der Waals surface area contributed by atoms with Crippen LogP contribution in [-0.4, -0.2) is 10.9 Å². The number of hydrogen-bond acceptors (Lipinski definition) is 4. The lowest BCUT2D eigenvalue weighted by Gasteiger charge is -2.06. The molecule has 8 heteroatoms. The summed E-state index contributed by atoms with van der Waals surface area (Å²) in [6.07, 6.45) is -1.72. The zero-order chi connectivity index (χ0) is 16.2. The molecule has 0 bridgehead atoms. The number of thiazole rings is 1. The maximum Gasteiger partial charge on any atom is 0.416 e. The minimum atomic E-state index is -4.43. The molecule has 2 rings (SSSR count). The summed E-state index contributed by atoms with van der Waals surface area (Å²) in [6.45, 7) is 0. The predicted molar refractivity (Wildman–Crippen MR) is 75.8 cm³/mol. The summed E-state index contributed by atoms with van der Waals surface area (Å²) in [6, 6.07) is 5.87. The zero-order valence-electron chi connectivity index (χ0n) is 10.9. The summed E-state index contributed by atoms with van der Waals surface area (Å²) in [5, 5.41) is 13.4. The van der Waals surface area contributed by atoms with Crippen molar-refractivity contribution in [1.82, 2.24) is 4.98 Å². The standard InChI is InChI=1S/C14H8F3N3OS/c15-14(16,17)11-3-1-9(2-4-11)7-10(8-18)12(21)20-13-19-5-6-22-13/h1-7H,(H,19,20,21)/b10-7+. The van der Waals surface area contributed by atoms with Gasteiger partial charge in [-0.05, 0) is 23.8 Å². The summed E-state index contributed by atoms with van der Waals surface area (Å²) in [4.78, 5) is 15.7. The van der Waals surface area contributed by atoms with Crippen LogP contribution in [0.25, 0.3) is 6.08 Å². The molecule has 1 amide bonds. The average molecular weight is 323 g/mol. The molecule has 112 valence electrons. The monoisotopic (exact) mass is 323 g/mol. The summed E-state index contributed by atoms with van der Waals surface area (Å²) in [5.74, 6) is -0.669. The number of carbonyl (C=O) groups excluding carboxylic acids is 1. The van der Waals surface area contributed by atoms with Gasteiger partial charge in [0, 0.05) is 11.6 Å². The molecule has 0 atom stereocenters. The van der Waals surface area contributed by atoms with E-state index in [9.17, 15) is 18.0 Å². The fourth-order valence-corrected chi connectivity index (χ4v) is 2.06.